The summed E-state index contributed by atoms with van der Waals surface area (Å²) in [5.74, 6) is 0.604. The van der Waals surface area contributed by atoms with Gasteiger partial charge in [0.25, 0.3) is 0 Å². The first-order valence-corrected chi connectivity index (χ1v) is 5.42. The van der Waals surface area contributed by atoms with Crippen LogP contribution in [0.2, 0.25) is 0 Å². The van der Waals surface area contributed by atoms with Gasteiger partial charge in [0.05, 0.1) is 14.9 Å². The Bertz CT molecular complexity index is 619. The van der Waals surface area contributed by atoms with Crippen molar-refractivity contribution in [3.63, 3.8) is 0 Å². The number of H-pyrrole nitrogens is 1. The fourth-order valence-corrected chi connectivity index (χ4v) is 1.56. The van der Waals surface area contributed by atoms with E-state index in [1.165, 1.54) is 6.07 Å². The fraction of sp³-hybridized carbons (Fsp3) is 0.308. The maximum absolute atomic E-state index is 11.2. The van der Waals surface area contributed by atoms with Crippen LogP contribution < -0.4 is 10.3 Å². The second-order valence-corrected chi connectivity index (χ2v) is 3.68. The molecule has 0 saturated heterocycles. The van der Waals surface area contributed by atoms with Gasteiger partial charge >= 0.3 is 0 Å². The minimum absolute atomic E-state index is 0.0252. The van der Waals surface area contributed by atoms with E-state index >= 15 is 0 Å². The molecule has 1 aromatic heterocycles. The number of rotatable bonds is 5. The molecule has 0 fully saturated rings. The summed E-state index contributed by atoms with van der Waals surface area (Å²) in [6, 6.07) is 8.55. The first kappa shape index (κ1) is 9.24. The molecule has 4 nitrogen and oxygen atoms in total. The summed E-state index contributed by atoms with van der Waals surface area (Å²) in [4.78, 5) is 13.9. The van der Waals surface area contributed by atoms with Gasteiger partial charge < -0.3 is 14.8 Å². The molecular formula is C13H15NO3. The molecule has 4 heteroatoms. The van der Waals surface area contributed by atoms with E-state index < -0.39 is 6.56 Å². The van der Waals surface area contributed by atoms with Gasteiger partial charge in [-0.25, -0.2) is 0 Å². The van der Waals surface area contributed by atoms with Gasteiger partial charge in [0.15, 0.2) is 0 Å². The molecule has 0 atom stereocenters. The van der Waals surface area contributed by atoms with Crippen LogP contribution in [0.5, 0.6) is 5.75 Å². The van der Waals surface area contributed by atoms with Crippen LogP contribution in [0.3, 0.4) is 0 Å². The normalized spacial score (nSPS) is 13.2. The predicted molar refractivity (Wildman–Crippen MR) is 66.4 cm³/mol. The van der Waals surface area contributed by atoms with Crippen molar-refractivity contribution in [1.82, 2.24) is 4.98 Å². The molecule has 0 aliphatic heterocycles. The van der Waals surface area contributed by atoms with Crippen LogP contribution in [-0.2, 0) is 0 Å². The molecule has 0 aliphatic rings. The third kappa shape index (κ3) is 3.07. The molecule has 2 rings (SSSR count). The number of pyridine rings is 1. The lowest BCUT2D eigenvalue weighted by molar-refractivity contribution is 0.253. The molecule has 0 unspecified atom stereocenters. The monoisotopic (exact) mass is 235 g/mol. The van der Waals surface area contributed by atoms with E-state index in [-0.39, 0.29) is 12.0 Å². The summed E-state index contributed by atoms with van der Waals surface area (Å²) in [5, 5.41) is 9.84. The fourth-order valence-electron chi connectivity index (χ4n) is 1.56. The lowest BCUT2D eigenvalue weighted by Crippen LogP contribution is -2.03. The second-order valence-electron chi connectivity index (χ2n) is 3.68. The number of hydrogen-bond donors (Lipinski definition) is 2. The third-order valence-electron chi connectivity index (χ3n) is 2.40. The molecule has 2 N–H and O–H groups in total. The van der Waals surface area contributed by atoms with Crippen LogP contribution in [0, 0.1) is 0 Å². The summed E-state index contributed by atoms with van der Waals surface area (Å²) in [7, 11) is 0. The maximum atomic E-state index is 11.2. The van der Waals surface area contributed by atoms with Gasteiger partial charge in [-0.1, -0.05) is 0 Å². The SMILES string of the molecule is [2H]C([2H])(O)CCCOc1ccc2ccc(=O)[nH]c2c1. The van der Waals surface area contributed by atoms with Crippen molar-refractivity contribution in [1.29, 1.82) is 0 Å². The van der Waals surface area contributed by atoms with Crippen LogP contribution in [-0.4, -0.2) is 23.3 Å². The second kappa shape index (κ2) is 5.50. The Kier molecular flexibility index (Phi) is 2.99. The van der Waals surface area contributed by atoms with Crippen molar-refractivity contribution >= 4 is 10.9 Å². The summed E-state index contributed by atoms with van der Waals surface area (Å²) in [5.41, 5.74) is 0.528. The minimum atomic E-state index is -2.15. The topological polar surface area (TPSA) is 62.3 Å². The number of aliphatic hydroxyl groups is 1. The van der Waals surface area contributed by atoms with E-state index in [1.54, 1.807) is 18.2 Å². The van der Waals surface area contributed by atoms with E-state index in [9.17, 15) is 4.79 Å². The molecule has 0 amide bonds. The Morgan fingerprint density at radius 2 is 2.12 bits per heavy atom. The van der Waals surface area contributed by atoms with Crippen molar-refractivity contribution < 1.29 is 12.6 Å². The minimum Gasteiger partial charge on any atom is -0.494 e. The van der Waals surface area contributed by atoms with Crippen LogP contribution in [0.4, 0.5) is 0 Å². The summed E-state index contributed by atoms with van der Waals surface area (Å²) in [6.07, 6.45) is 0.435. The number of aromatic nitrogens is 1. The number of hydrogen-bond acceptors (Lipinski definition) is 3. The number of aromatic amines is 1. The van der Waals surface area contributed by atoms with Crippen LogP contribution in [0.15, 0.2) is 35.1 Å². The van der Waals surface area contributed by atoms with Gasteiger partial charge in [0.2, 0.25) is 5.56 Å². The zero-order valence-corrected chi connectivity index (χ0v) is 9.27. The molecule has 0 spiro atoms. The summed E-state index contributed by atoms with van der Waals surface area (Å²) in [6.45, 7) is -1.85. The third-order valence-corrected chi connectivity index (χ3v) is 2.40. The van der Waals surface area contributed by atoms with E-state index in [0.29, 0.717) is 24.3 Å². The number of ether oxygens (including phenoxy) is 1. The van der Waals surface area contributed by atoms with E-state index in [2.05, 4.69) is 4.98 Å². The Balaban J connectivity index is 1.99. The highest BCUT2D eigenvalue weighted by Crippen LogP contribution is 2.18. The molecule has 90 valence electrons. The zero-order valence-electron chi connectivity index (χ0n) is 11.3. The van der Waals surface area contributed by atoms with Crippen molar-refractivity contribution in [3.8, 4) is 5.75 Å². The molecular weight excluding hydrogens is 218 g/mol. The number of fused-ring (bicyclic) bond motifs is 1. The number of nitrogens with one attached hydrogen (secondary N) is 1. The standard InChI is InChI=1S/C13H15NO3/c15-7-1-2-8-17-11-5-3-10-4-6-13(16)14-12(10)9-11/h3-6,9,15H,1-2,7-8H2,(H,14,16)/i7D2. The van der Waals surface area contributed by atoms with Gasteiger partial charge in [-0.3, -0.25) is 4.79 Å². The average Bonchev–Trinajstić information content (AvgIpc) is 2.33. The highest BCUT2D eigenvalue weighted by atomic mass is 16.5. The Labute approximate surface area is 102 Å². The predicted octanol–water partition coefficient (Wildman–Crippen LogP) is 1.68. The van der Waals surface area contributed by atoms with Gasteiger partial charge in [-0.05, 0) is 36.4 Å². The van der Waals surface area contributed by atoms with Gasteiger partial charge in [0, 0.05) is 18.7 Å². The molecule has 0 radical (unpaired) electrons. The lowest BCUT2D eigenvalue weighted by Gasteiger charge is -2.06. The van der Waals surface area contributed by atoms with E-state index in [4.69, 9.17) is 12.6 Å². The van der Waals surface area contributed by atoms with Gasteiger partial charge in [0.1, 0.15) is 5.75 Å². The maximum Gasteiger partial charge on any atom is 0.248 e. The Morgan fingerprint density at radius 3 is 2.94 bits per heavy atom. The van der Waals surface area contributed by atoms with Crippen LogP contribution in [0.25, 0.3) is 10.9 Å². The quantitative estimate of drug-likeness (QED) is 0.775. The molecule has 0 bridgehead atoms. The van der Waals surface area contributed by atoms with Crippen LogP contribution >= 0.6 is 0 Å². The first-order chi connectivity index (χ1) is 8.94. The molecule has 1 aromatic carbocycles. The summed E-state index contributed by atoms with van der Waals surface area (Å²) < 4.78 is 19.4. The van der Waals surface area contributed by atoms with Crippen LogP contribution in [0.1, 0.15) is 15.6 Å². The molecule has 17 heavy (non-hydrogen) atoms. The zero-order chi connectivity index (χ0) is 13.9. The lowest BCUT2D eigenvalue weighted by atomic mass is 10.2. The molecule has 1 heterocycles. The average molecular weight is 235 g/mol. The van der Waals surface area contributed by atoms with Gasteiger partial charge in [-0.15, -0.1) is 0 Å². The van der Waals surface area contributed by atoms with Crippen molar-refractivity contribution in [2.75, 3.05) is 13.2 Å². The van der Waals surface area contributed by atoms with E-state index in [1.807, 2.05) is 6.07 Å². The smallest absolute Gasteiger partial charge is 0.248 e. The van der Waals surface area contributed by atoms with Crippen molar-refractivity contribution in [3.05, 3.63) is 40.7 Å². The Hall–Kier alpha value is -1.81. The molecule has 2 aromatic rings. The molecule has 0 saturated carbocycles. The van der Waals surface area contributed by atoms with Crippen molar-refractivity contribution in [2.45, 2.75) is 12.8 Å². The van der Waals surface area contributed by atoms with Crippen molar-refractivity contribution in [2.24, 2.45) is 0 Å². The highest BCUT2D eigenvalue weighted by Gasteiger charge is 1.98. The first-order valence-electron chi connectivity index (χ1n) is 6.42. The molecule has 0 aliphatic carbocycles. The van der Waals surface area contributed by atoms with Gasteiger partial charge in [-0.2, -0.15) is 0 Å². The van der Waals surface area contributed by atoms with E-state index in [0.717, 1.165) is 5.39 Å². The number of benzene rings is 1. The largest absolute Gasteiger partial charge is 0.494 e. The summed E-state index contributed by atoms with van der Waals surface area (Å²) >= 11 is 0. The highest BCUT2D eigenvalue weighted by molar-refractivity contribution is 5.79. The Morgan fingerprint density at radius 1 is 1.29 bits per heavy atom.